The summed E-state index contributed by atoms with van der Waals surface area (Å²) in [5, 5.41) is 0. The molecule has 0 heterocycles. The number of hydrogen-bond acceptors (Lipinski definition) is 3. The summed E-state index contributed by atoms with van der Waals surface area (Å²) in [6, 6.07) is 26.1. The van der Waals surface area contributed by atoms with Gasteiger partial charge in [-0.1, -0.05) is 0 Å². The Hall–Kier alpha value is -2.20. The van der Waals surface area contributed by atoms with E-state index in [4.69, 9.17) is 0 Å². The summed E-state index contributed by atoms with van der Waals surface area (Å²) < 4.78 is 26.1. The van der Waals surface area contributed by atoms with E-state index in [0.29, 0.717) is 5.56 Å². The molecule has 0 radical (unpaired) electrons. The zero-order valence-corrected chi connectivity index (χ0v) is 15.8. The Bertz CT molecular complexity index is 940. The molecule has 3 aromatic rings. The molecule has 0 aliphatic carbocycles. The fourth-order valence-corrected chi connectivity index (χ4v) is 7.44. The molecule has 0 saturated heterocycles. The quantitative estimate of drug-likeness (QED) is 0.460. The number of rotatable bonds is 6. The molecule has 0 spiro atoms. The fraction of sp³-hybridized carbons (Fsp3) is 0.0500. The third-order valence-corrected chi connectivity index (χ3v) is 9.45. The molecular formula is C20H16O3SSe. The van der Waals surface area contributed by atoms with E-state index in [9.17, 15) is 13.2 Å². The molecule has 0 aliphatic heterocycles. The van der Waals surface area contributed by atoms with Crippen molar-refractivity contribution in [1.82, 2.24) is 0 Å². The summed E-state index contributed by atoms with van der Waals surface area (Å²) in [5.41, 5.74) is 0.421. The molecule has 0 fully saturated rings. The van der Waals surface area contributed by atoms with E-state index in [0.717, 1.165) is 4.46 Å². The predicted molar refractivity (Wildman–Crippen MR) is 100 cm³/mol. The average molecular weight is 415 g/mol. The van der Waals surface area contributed by atoms with Crippen molar-refractivity contribution in [2.45, 2.75) is 9.04 Å². The standard InChI is InChI=1S/C20H16O3SSe/c21-19(16-10-4-1-5-11-16)20(25-18-14-8-3-9-15-18)24(22,23)17-12-6-2-7-13-17/h1-15,20H. The molecule has 0 saturated carbocycles. The van der Waals surface area contributed by atoms with Gasteiger partial charge >= 0.3 is 154 Å². The third kappa shape index (κ3) is 4.07. The van der Waals surface area contributed by atoms with E-state index in [1.165, 1.54) is 0 Å². The summed E-state index contributed by atoms with van der Waals surface area (Å²) in [4.78, 5) is 13.2. The fourth-order valence-electron chi connectivity index (χ4n) is 2.35. The molecular weight excluding hydrogens is 399 g/mol. The number of Topliss-reactive ketones (excluding diaryl/α,β-unsaturated/α-hetero) is 1. The van der Waals surface area contributed by atoms with Gasteiger partial charge < -0.3 is 0 Å². The van der Waals surface area contributed by atoms with E-state index >= 15 is 0 Å². The Morgan fingerprint density at radius 3 is 1.76 bits per heavy atom. The number of carbonyl (C=O) groups excluding carboxylic acids is 1. The van der Waals surface area contributed by atoms with Gasteiger partial charge in [0.1, 0.15) is 0 Å². The molecule has 0 aliphatic rings. The van der Waals surface area contributed by atoms with Gasteiger partial charge in [0.2, 0.25) is 0 Å². The average Bonchev–Trinajstić information content (AvgIpc) is 2.67. The van der Waals surface area contributed by atoms with Gasteiger partial charge in [-0.15, -0.1) is 0 Å². The topological polar surface area (TPSA) is 51.2 Å². The van der Waals surface area contributed by atoms with Crippen molar-refractivity contribution >= 4 is 35.0 Å². The first-order valence-electron chi connectivity index (χ1n) is 7.69. The first-order valence-corrected chi connectivity index (χ1v) is 11.1. The van der Waals surface area contributed by atoms with Crippen LogP contribution in [0.25, 0.3) is 0 Å². The SMILES string of the molecule is O=C(c1ccccc1)C([Se]c1ccccc1)S(=O)(=O)c1ccccc1. The van der Waals surface area contributed by atoms with Gasteiger partial charge in [-0.2, -0.15) is 0 Å². The van der Waals surface area contributed by atoms with Crippen LogP contribution in [0.1, 0.15) is 10.4 Å². The number of hydrogen-bond donors (Lipinski definition) is 0. The van der Waals surface area contributed by atoms with Crippen LogP contribution in [0.3, 0.4) is 0 Å². The summed E-state index contributed by atoms with van der Waals surface area (Å²) in [6.07, 6.45) is 0. The van der Waals surface area contributed by atoms with Crippen molar-refractivity contribution in [2.75, 3.05) is 0 Å². The number of carbonyl (C=O) groups is 1. The minimum absolute atomic E-state index is 0.182. The van der Waals surface area contributed by atoms with Gasteiger partial charge in [-0.05, 0) is 0 Å². The van der Waals surface area contributed by atoms with E-state index in [2.05, 4.69) is 0 Å². The summed E-state index contributed by atoms with van der Waals surface area (Å²) in [7, 11) is -3.77. The van der Waals surface area contributed by atoms with Gasteiger partial charge in [0, 0.05) is 0 Å². The Morgan fingerprint density at radius 2 is 1.20 bits per heavy atom. The first-order chi connectivity index (χ1) is 12.1. The second-order valence-electron chi connectivity index (χ2n) is 5.35. The van der Waals surface area contributed by atoms with E-state index < -0.39 is 28.9 Å². The zero-order valence-electron chi connectivity index (χ0n) is 13.3. The zero-order chi connectivity index (χ0) is 17.7. The molecule has 3 aromatic carbocycles. The molecule has 25 heavy (non-hydrogen) atoms. The van der Waals surface area contributed by atoms with E-state index in [1.54, 1.807) is 60.7 Å². The van der Waals surface area contributed by atoms with Gasteiger partial charge in [0.05, 0.1) is 0 Å². The summed E-state index contributed by atoms with van der Waals surface area (Å²) >= 11 is -0.539. The summed E-state index contributed by atoms with van der Waals surface area (Å²) in [6.45, 7) is 0. The molecule has 1 atom stereocenters. The summed E-state index contributed by atoms with van der Waals surface area (Å²) in [5.74, 6) is -0.353. The monoisotopic (exact) mass is 416 g/mol. The normalized spacial score (nSPS) is 12.5. The van der Waals surface area contributed by atoms with Gasteiger partial charge in [-0.3, -0.25) is 0 Å². The molecule has 0 aromatic heterocycles. The second kappa shape index (κ2) is 7.79. The molecule has 3 nitrogen and oxygen atoms in total. The van der Waals surface area contributed by atoms with E-state index in [-0.39, 0.29) is 10.7 Å². The molecule has 126 valence electrons. The van der Waals surface area contributed by atoms with Crippen LogP contribution in [-0.2, 0) is 9.84 Å². The van der Waals surface area contributed by atoms with Crippen LogP contribution < -0.4 is 4.46 Å². The number of benzene rings is 3. The van der Waals surface area contributed by atoms with Crippen LogP contribution in [0.5, 0.6) is 0 Å². The molecule has 5 heteroatoms. The molecule has 3 rings (SSSR count). The van der Waals surface area contributed by atoms with Crippen molar-refractivity contribution in [1.29, 1.82) is 0 Å². The minimum atomic E-state index is -3.77. The third-order valence-electron chi connectivity index (χ3n) is 3.61. The van der Waals surface area contributed by atoms with Crippen LogP contribution >= 0.6 is 0 Å². The maximum atomic E-state index is 13.1. The maximum absolute atomic E-state index is 13.1. The Balaban J connectivity index is 2.04. The predicted octanol–water partition coefficient (Wildman–Crippen LogP) is 2.70. The number of ketones is 1. The van der Waals surface area contributed by atoms with Gasteiger partial charge in [0.25, 0.3) is 0 Å². The second-order valence-corrected chi connectivity index (χ2v) is 10.5. The van der Waals surface area contributed by atoms with Crippen molar-refractivity contribution in [2.24, 2.45) is 0 Å². The molecule has 1 unspecified atom stereocenters. The molecule has 0 N–H and O–H groups in total. The van der Waals surface area contributed by atoms with Crippen LogP contribution in [0, 0.1) is 0 Å². The van der Waals surface area contributed by atoms with E-state index in [1.807, 2.05) is 30.3 Å². The van der Waals surface area contributed by atoms with Crippen LogP contribution in [-0.4, -0.2) is 33.3 Å². The molecule has 0 amide bonds. The van der Waals surface area contributed by atoms with Crippen LogP contribution in [0.2, 0.25) is 0 Å². The van der Waals surface area contributed by atoms with Gasteiger partial charge in [0.15, 0.2) is 0 Å². The van der Waals surface area contributed by atoms with Gasteiger partial charge in [-0.25, -0.2) is 0 Å². The van der Waals surface area contributed by atoms with Crippen molar-refractivity contribution in [3.05, 3.63) is 96.6 Å². The number of sulfone groups is 1. The van der Waals surface area contributed by atoms with Crippen LogP contribution in [0.15, 0.2) is 95.9 Å². The Morgan fingerprint density at radius 1 is 0.720 bits per heavy atom. The Labute approximate surface area is 153 Å². The van der Waals surface area contributed by atoms with Crippen molar-refractivity contribution in [3.8, 4) is 0 Å². The molecule has 0 bridgehead atoms. The van der Waals surface area contributed by atoms with Crippen molar-refractivity contribution in [3.63, 3.8) is 0 Å². The van der Waals surface area contributed by atoms with Crippen molar-refractivity contribution < 1.29 is 13.2 Å². The Kier molecular flexibility index (Phi) is 5.49. The first kappa shape index (κ1) is 17.6. The van der Waals surface area contributed by atoms with Crippen LogP contribution in [0.4, 0.5) is 0 Å².